The molecule has 0 spiro atoms. The first kappa shape index (κ1) is 107. The number of aromatic nitrogens is 3. The Kier molecular flexibility index (Phi) is 35.2. The van der Waals surface area contributed by atoms with Crippen molar-refractivity contribution < 1.29 is 66.6 Å². The number of rotatable bonds is 19. The Morgan fingerprint density at radius 1 is 0.416 bits per heavy atom. The number of nitrogens with zero attached hydrogens (tertiary/aromatic N) is 4. The standard InChI is InChI=1S/C22H18BNOS.C19H17BN2OS.C17H16BNO.C17H17BO2.C15H15BO3S.C11H13BO2.C9H10BBrO2.C9H11BO2/c25-23-13-12-16-10-11-17(14-20(16)23)24-15-22(19-8-4-5-9-21(19)24)26-18-6-2-1-3-7-18;21-10-3-11-24-19-13-22(18-5-2-1-4-16(18)19)15-7-6-14-8-9-20(23)17(14)12-15;1-12-2-5-17-14(10-12)7-9-19(17)15-4-3-13-6-8-18(20)16(13)11-15;1-18-17-11-14(7-8-15(17)12-20-18)10-16(19)9-13-5-3-2-4-6-13;1-16-15-9-12(7-8-13(15)10-19-16)11-20(17,18)14-5-3-2-4-6-14;1-8(13)5-9-3-4-10-7-14-12(2)11(10)6-9;1-10-8-2-6(4-12)9(11)3-7(8)5-13-10;1-10-9-7(5-11)3-2-4-8(9)6-12-10/h1-11,14-15,25H,12-13H2;1-2,4-7,12-13,23H,3,8-9,11H2;2-5,7,9-11,20H,6,8H2,1H3;2-8,11H,9-10,12H2,1H3;2-9H,10-11H2,1H3;3-4,6H,5,7H2,1-2H3;2-3,12H,4-5H2,1H3;2-4,11H,5-6H2,1H3. The lowest BCUT2D eigenvalue weighted by Crippen LogP contribution is -2.28. The van der Waals surface area contributed by atoms with Crippen molar-refractivity contribution in [2.75, 3.05) is 5.75 Å². The Morgan fingerprint density at radius 2 is 0.866 bits per heavy atom. The number of para-hydroxylation sites is 2. The highest BCUT2D eigenvalue weighted by Gasteiger charge is 2.33. The van der Waals surface area contributed by atoms with Crippen LogP contribution >= 0.6 is 39.5 Å². The van der Waals surface area contributed by atoms with Crippen LogP contribution in [0.15, 0.2) is 346 Å². The number of thioether (sulfide) groups is 1. The number of ketones is 2. The molecule has 3 aromatic heterocycles. The molecule has 746 valence electrons. The Hall–Kier alpha value is -12.2. The third kappa shape index (κ3) is 25.7. The minimum atomic E-state index is -3.29. The van der Waals surface area contributed by atoms with Crippen LogP contribution in [0.4, 0.5) is 0 Å². The Balaban J connectivity index is 0.000000113. The van der Waals surface area contributed by atoms with E-state index < -0.39 is 9.84 Å². The number of halogens is 1. The Labute approximate surface area is 893 Å². The Bertz CT molecular complexity index is 7880. The molecule has 0 saturated carbocycles. The van der Waals surface area contributed by atoms with Crippen molar-refractivity contribution in [1.82, 2.24) is 13.7 Å². The van der Waals surface area contributed by atoms with Gasteiger partial charge in [0.05, 0.1) is 79.5 Å². The van der Waals surface area contributed by atoms with Gasteiger partial charge in [0.2, 0.25) is 0 Å². The average Bonchev–Trinajstić information content (AvgIpc) is 1.60. The minimum absolute atomic E-state index is 0.0248. The van der Waals surface area contributed by atoms with Gasteiger partial charge < -0.3 is 62.3 Å². The van der Waals surface area contributed by atoms with Crippen molar-refractivity contribution in [3.8, 4) is 23.1 Å². The third-order valence-electron chi connectivity index (χ3n) is 28.7. The summed E-state index contributed by atoms with van der Waals surface area (Å²) in [7, 11) is -3.29. The van der Waals surface area contributed by atoms with Gasteiger partial charge in [0, 0.05) is 102 Å². The maximum absolute atomic E-state index is 12.4. The number of carbonyl (C=O) groups is 2. The lowest BCUT2D eigenvalue weighted by Gasteiger charge is -2.09. The van der Waals surface area contributed by atoms with E-state index in [-0.39, 0.29) is 85.9 Å². The van der Waals surface area contributed by atoms with Crippen molar-refractivity contribution in [2.45, 2.75) is 183 Å². The fraction of sp³-hybridized carbons (Fsp3) is 0.218. The van der Waals surface area contributed by atoms with Crippen LogP contribution in [0.5, 0.6) is 0 Å². The van der Waals surface area contributed by atoms with Gasteiger partial charge in [-0.05, 0) is 254 Å². The summed E-state index contributed by atoms with van der Waals surface area (Å²) in [6, 6.07) is 104. The number of fused-ring (bicyclic) bond motifs is 11. The maximum atomic E-state index is 12.4. The normalized spacial score (nSPS) is 13.9. The molecule has 17 aromatic rings. The van der Waals surface area contributed by atoms with Crippen molar-refractivity contribution >= 4 is 193 Å². The second-order valence-electron chi connectivity index (χ2n) is 39.1. The third-order valence-corrected chi connectivity index (χ3v) is 33.3. The molecule has 0 radical (unpaired) electrons. The molecule has 8 aliphatic heterocycles. The highest BCUT2D eigenvalue weighted by Crippen LogP contribution is 2.39. The van der Waals surface area contributed by atoms with Crippen LogP contribution < -0.4 is 43.7 Å². The first-order valence-corrected chi connectivity index (χ1v) is 55.4. The molecule has 0 atom stereocenters. The number of Topliss-reactive ketones (excluding diaryl/α,β-unsaturated/α-hetero) is 2. The molecule has 30 heteroatoms. The molecule has 14 aromatic carbocycles. The zero-order valence-electron chi connectivity index (χ0n) is 85.0. The molecule has 0 bridgehead atoms. The number of sulfone groups is 1. The molecule has 0 amide bonds. The SMILES string of the molecule is CB1OCc2cc(Br)c(CO)cc21.CB1OCc2ccc(CC(=O)Cc3ccccc3)cc21.CB1OCc2ccc(CC(C)=O)cc21.CB1OCc2ccc(CS(=O)(=O)c3ccccc3)cc21.CB1OCc2cccc(CO)c21.Cc1ccc2c(ccn2-c2ccc3c(c2)B(O)CC3)c1.N#CCCSc1cn(-c2ccc3c(c2)B(O)CC3)c2ccccc12.OB1CCc2ccc(-n3cc(Sc4ccccc4)c4ccccc43)cc21. The van der Waals surface area contributed by atoms with Gasteiger partial charge in [-0.25, -0.2) is 8.42 Å². The highest BCUT2D eigenvalue weighted by atomic mass is 79.9. The second-order valence-corrected chi connectivity index (χ2v) is 44.2. The van der Waals surface area contributed by atoms with E-state index in [1.54, 1.807) is 54.7 Å². The van der Waals surface area contributed by atoms with Gasteiger partial charge in [0.15, 0.2) is 9.84 Å². The molecule has 0 unspecified atom stereocenters. The lowest BCUT2D eigenvalue weighted by atomic mass is 9.62. The number of nitriles is 1. The monoisotopic (exact) mass is 2090 g/mol. The molecule has 18 nitrogen and oxygen atoms in total. The zero-order valence-corrected chi connectivity index (χ0v) is 89.0. The molecular weight excluding hydrogens is 1970 g/mol. The van der Waals surface area contributed by atoms with E-state index in [4.69, 9.17) is 38.7 Å². The van der Waals surface area contributed by atoms with E-state index >= 15 is 0 Å². The minimum Gasteiger partial charge on any atom is -0.446 e. The summed E-state index contributed by atoms with van der Waals surface area (Å²) < 4.78 is 59.9. The zero-order chi connectivity index (χ0) is 104. The molecular formula is C119H117B8BrN4O14S3. The van der Waals surface area contributed by atoms with Crippen LogP contribution in [0, 0.1) is 18.3 Å². The van der Waals surface area contributed by atoms with E-state index in [2.05, 4.69) is 238 Å². The first-order chi connectivity index (χ1) is 72.3. The number of aliphatic hydroxyl groups is 2. The number of benzene rings is 14. The van der Waals surface area contributed by atoms with Crippen LogP contribution in [-0.4, -0.2) is 120 Å². The van der Waals surface area contributed by atoms with Crippen LogP contribution in [0.1, 0.15) is 96.8 Å². The molecule has 25 rings (SSSR count). The summed E-state index contributed by atoms with van der Waals surface area (Å²) in [4.78, 5) is 27.1. The predicted octanol–water partition coefficient (Wildman–Crippen LogP) is 18.0. The topological polar surface area (TPSA) is 254 Å². The average molecular weight is 2090 g/mol. The van der Waals surface area contributed by atoms with E-state index in [1.807, 2.05) is 136 Å². The van der Waals surface area contributed by atoms with E-state index in [9.17, 15) is 33.1 Å². The van der Waals surface area contributed by atoms with Crippen LogP contribution in [0.25, 0.3) is 49.8 Å². The van der Waals surface area contributed by atoms with Gasteiger partial charge in [0.1, 0.15) is 11.6 Å². The number of hydrogen-bond acceptors (Lipinski definition) is 17. The van der Waals surface area contributed by atoms with E-state index in [0.29, 0.717) is 63.6 Å². The van der Waals surface area contributed by atoms with Crippen molar-refractivity contribution in [3.05, 3.63) is 410 Å². The van der Waals surface area contributed by atoms with Crippen LogP contribution in [-0.2, 0) is 133 Å². The summed E-state index contributed by atoms with van der Waals surface area (Å²) >= 11 is 6.93. The summed E-state index contributed by atoms with van der Waals surface area (Å²) in [5.41, 5.74) is 33.2. The fourth-order valence-corrected chi connectivity index (χ4v) is 24.5. The van der Waals surface area contributed by atoms with E-state index in [0.717, 1.165) is 132 Å². The second kappa shape index (κ2) is 49.3. The van der Waals surface area contributed by atoms with Gasteiger partial charge in [-0.2, -0.15) is 5.26 Å². The molecule has 149 heavy (non-hydrogen) atoms. The summed E-state index contributed by atoms with van der Waals surface area (Å²) in [6.07, 6.45) is 14.0. The quantitative estimate of drug-likeness (QED) is 0.0286. The van der Waals surface area contributed by atoms with Crippen LogP contribution in [0.3, 0.4) is 0 Å². The fourth-order valence-electron chi connectivity index (χ4n) is 20.8. The molecule has 0 fully saturated rings. The number of hydrogen-bond donors (Lipinski definition) is 5. The van der Waals surface area contributed by atoms with Gasteiger partial charge in [-0.3, -0.25) is 9.59 Å². The highest BCUT2D eigenvalue weighted by molar-refractivity contribution is 9.10. The lowest BCUT2D eigenvalue weighted by molar-refractivity contribution is -0.118. The first-order valence-electron chi connectivity index (χ1n) is 51.1. The molecule has 8 aliphatic rings. The van der Waals surface area contributed by atoms with Crippen molar-refractivity contribution in [3.63, 3.8) is 0 Å². The van der Waals surface area contributed by atoms with Crippen molar-refractivity contribution in [2.24, 2.45) is 0 Å². The number of carbonyl (C=O) groups excluding carboxylic acids is 2. The summed E-state index contributed by atoms with van der Waals surface area (Å²) in [6.45, 7) is 17.1. The molecule has 5 N–H and O–H groups in total. The number of aryl methyl sites for hydroxylation is 4. The maximum Gasteiger partial charge on any atom is 0.324 e. The van der Waals surface area contributed by atoms with E-state index in [1.165, 1.54) is 108 Å². The summed E-state index contributed by atoms with van der Waals surface area (Å²) in [5, 5.41) is 61.1. The van der Waals surface area contributed by atoms with Gasteiger partial charge in [-0.15, -0.1) is 11.8 Å². The smallest absolute Gasteiger partial charge is 0.324 e. The summed E-state index contributed by atoms with van der Waals surface area (Å²) in [5.74, 6) is 1.28. The molecule has 11 heterocycles. The molecule has 0 aliphatic carbocycles. The van der Waals surface area contributed by atoms with Crippen LogP contribution in [0.2, 0.25) is 53.1 Å². The van der Waals surface area contributed by atoms with Crippen molar-refractivity contribution in [1.29, 1.82) is 5.26 Å². The molecule has 0 saturated heterocycles. The largest absolute Gasteiger partial charge is 0.446 e. The van der Waals surface area contributed by atoms with Gasteiger partial charge in [-0.1, -0.05) is 290 Å². The van der Waals surface area contributed by atoms with Gasteiger partial charge in [0.25, 0.3) is 0 Å². The number of aliphatic hydroxyl groups excluding tert-OH is 2. The predicted molar refractivity (Wildman–Crippen MR) is 617 cm³/mol. The Morgan fingerprint density at radius 3 is 1.40 bits per heavy atom. The van der Waals surface area contributed by atoms with Gasteiger partial charge >= 0.3 is 55.3 Å².